The first-order valence-corrected chi connectivity index (χ1v) is 7.12. The van der Waals surface area contributed by atoms with Crippen molar-refractivity contribution in [1.82, 2.24) is 15.1 Å². The van der Waals surface area contributed by atoms with Crippen LogP contribution in [0.25, 0.3) is 0 Å². The van der Waals surface area contributed by atoms with Gasteiger partial charge in [0.25, 0.3) is 5.91 Å². The Bertz CT molecular complexity index is 676. The molecule has 1 aliphatic heterocycles. The van der Waals surface area contributed by atoms with Crippen molar-refractivity contribution in [2.75, 3.05) is 6.61 Å². The molecule has 0 saturated carbocycles. The molecule has 21 heavy (non-hydrogen) atoms. The van der Waals surface area contributed by atoms with Crippen molar-refractivity contribution >= 4 is 5.91 Å². The molecular weight excluding hydrogens is 266 g/mol. The van der Waals surface area contributed by atoms with Crippen LogP contribution in [0.1, 0.15) is 32.9 Å². The van der Waals surface area contributed by atoms with Crippen molar-refractivity contribution in [1.29, 1.82) is 0 Å². The molecule has 0 aliphatic carbocycles. The third-order valence-electron chi connectivity index (χ3n) is 3.89. The summed E-state index contributed by atoms with van der Waals surface area (Å²) in [7, 11) is 1.94. The van der Waals surface area contributed by atoms with E-state index in [1.165, 1.54) is 5.69 Å². The number of rotatable bonds is 3. The van der Waals surface area contributed by atoms with E-state index in [1.807, 2.05) is 42.9 Å². The number of nitrogens with one attached hydrogen (secondary N) is 1. The Kier molecular flexibility index (Phi) is 3.75. The van der Waals surface area contributed by atoms with Crippen molar-refractivity contribution in [3.8, 4) is 0 Å². The van der Waals surface area contributed by atoms with E-state index < -0.39 is 0 Å². The average molecular weight is 285 g/mol. The molecule has 1 aliphatic rings. The number of amides is 1. The molecule has 1 N–H and O–H groups in total. The molecule has 0 radical (unpaired) electrons. The summed E-state index contributed by atoms with van der Waals surface area (Å²) in [6, 6.07) is 7.57. The van der Waals surface area contributed by atoms with Crippen molar-refractivity contribution < 1.29 is 9.53 Å². The number of carbonyl (C=O) groups excluding carboxylic acids is 1. The van der Waals surface area contributed by atoms with Crippen LogP contribution in [0.3, 0.4) is 0 Å². The number of benzene rings is 1. The lowest BCUT2D eigenvalue weighted by atomic mass is 10.1. The maximum absolute atomic E-state index is 12.2. The van der Waals surface area contributed by atoms with Crippen LogP contribution in [0.4, 0.5) is 0 Å². The molecule has 0 bridgehead atoms. The number of fused-ring (bicyclic) bond motifs is 1. The smallest absolute Gasteiger partial charge is 0.251 e. The van der Waals surface area contributed by atoms with Gasteiger partial charge in [-0.2, -0.15) is 5.10 Å². The fourth-order valence-corrected chi connectivity index (χ4v) is 2.71. The highest BCUT2D eigenvalue weighted by Gasteiger charge is 2.20. The summed E-state index contributed by atoms with van der Waals surface area (Å²) in [5.74, 6) is -0.0655. The Labute approximate surface area is 123 Å². The highest BCUT2D eigenvalue weighted by atomic mass is 16.5. The Morgan fingerprint density at radius 3 is 3.05 bits per heavy atom. The summed E-state index contributed by atoms with van der Waals surface area (Å²) in [4.78, 5) is 12.2. The number of nitrogens with zero attached hydrogens (tertiary/aromatic N) is 2. The quantitative estimate of drug-likeness (QED) is 0.934. The number of ether oxygens (including phenoxy) is 1. The third-order valence-corrected chi connectivity index (χ3v) is 3.89. The third kappa shape index (κ3) is 2.69. The zero-order valence-corrected chi connectivity index (χ0v) is 12.3. The highest BCUT2D eigenvalue weighted by molar-refractivity contribution is 5.95. The molecule has 1 amide bonds. The lowest BCUT2D eigenvalue weighted by Gasteiger charge is -2.14. The van der Waals surface area contributed by atoms with Gasteiger partial charge in [0, 0.05) is 30.3 Å². The van der Waals surface area contributed by atoms with Crippen LogP contribution in [0.2, 0.25) is 0 Å². The second-order valence-electron chi connectivity index (χ2n) is 5.30. The number of hydrogen-bond donors (Lipinski definition) is 1. The molecule has 1 aromatic heterocycles. The lowest BCUT2D eigenvalue weighted by molar-refractivity contribution is 0.0946. The molecule has 0 atom stereocenters. The summed E-state index contributed by atoms with van der Waals surface area (Å²) < 4.78 is 7.39. The number of aryl methyl sites for hydroxylation is 2. The molecule has 110 valence electrons. The van der Waals surface area contributed by atoms with Crippen LogP contribution in [0.5, 0.6) is 0 Å². The monoisotopic (exact) mass is 285 g/mol. The topological polar surface area (TPSA) is 56.2 Å². The molecule has 0 unspecified atom stereocenters. The zero-order chi connectivity index (χ0) is 14.8. The van der Waals surface area contributed by atoms with Crippen molar-refractivity contribution in [2.45, 2.75) is 26.5 Å². The first-order chi connectivity index (χ1) is 10.2. The van der Waals surface area contributed by atoms with Gasteiger partial charge in [-0.05, 0) is 18.6 Å². The van der Waals surface area contributed by atoms with Gasteiger partial charge in [0.15, 0.2) is 0 Å². The standard InChI is InChI=1S/C16H19N3O2/c1-11-5-3-4-6-12(11)16(20)17-9-14-13-10-21-8-7-15(13)19(2)18-14/h3-6H,7-10H2,1-2H3,(H,17,20). The predicted octanol–water partition coefficient (Wildman–Crippen LogP) is 1.73. The normalized spacial score (nSPS) is 13.8. The lowest BCUT2D eigenvalue weighted by Crippen LogP contribution is -2.24. The van der Waals surface area contributed by atoms with Crippen molar-refractivity contribution in [2.24, 2.45) is 7.05 Å². The van der Waals surface area contributed by atoms with Gasteiger partial charge in [-0.15, -0.1) is 0 Å². The van der Waals surface area contributed by atoms with Gasteiger partial charge >= 0.3 is 0 Å². The Hall–Kier alpha value is -2.14. The fraction of sp³-hybridized carbons (Fsp3) is 0.375. The maximum atomic E-state index is 12.2. The first-order valence-electron chi connectivity index (χ1n) is 7.12. The molecular formula is C16H19N3O2. The SMILES string of the molecule is Cc1ccccc1C(=O)NCc1nn(C)c2c1COCC2. The fourth-order valence-electron chi connectivity index (χ4n) is 2.71. The molecule has 2 aromatic rings. The Morgan fingerprint density at radius 1 is 1.43 bits per heavy atom. The molecule has 0 fully saturated rings. The van der Waals surface area contributed by atoms with Crippen molar-refractivity contribution in [3.63, 3.8) is 0 Å². The van der Waals surface area contributed by atoms with E-state index in [0.717, 1.165) is 29.8 Å². The van der Waals surface area contributed by atoms with Crippen LogP contribution in [-0.4, -0.2) is 22.3 Å². The predicted molar refractivity (Wildman–Crippen MR) is 78.9 cm³/mol. The van der Waals surface area contributed by atoms with Gasteiger partial charge in [-0.3, -0.25) is 9.48 Å². The van der Waals surface area contributed by atoms with Crippen LogP contribution in [-0.2, 0) is 31.4 Å². The minimum Gasteiger partial charge on any atom is -0.376 e. The Balaban J connectivity index is 1.74. The zero-order valence-electron chi connectivity index (χ0n) is 12.3. The van der Waals surface area contributed by atoms with E-state index in [4.69, 9.17) is 4.74 Å². The molecule has 5 nitrogen and oxygen atoms in total. The van der Waals surface area contributed by atoms with E-state index >= 15 is 0 Å². The minimum atomic E-state index is -0.0655. The van der Waals surface area contributed by atoms with E-state index in [1.54, 1.807) is 0 Å². The average Bonchev–Trinajstić information content (AvgIpc) is 2.82. The number of carbonyl (C=O) groups is 1. The first kappa shape index (κ1) is 13.8. The second kappa shape index (κ2) is 5.69. The summed E-state index contributed by atoms with van der Waals surface area (Å²) >= 11 is 0. The minimum absolute atomic E-state index is 0.0655. The van der Waals surface area contributed by atoms with Crippen LogP contribution < -0.4 is 5.32 Å². The highest BCUT2D eigenvalue weighted by Crippen LogP contribution is 2.20. The van der Waals surface area contributed by atoms with Gasteiger partial charge in [-0.25, -0.2) is 0 Å². The molecule has 3 rings (SSSR count). The molecule has 5 heteroatoms. The van der Waals surface area contributed by atoms with Crippen LogP contribution >= 0.6 is 0 Å². The summed E-state index contributed by atoms with van der Waals surface area (Å²) in [6.07, 6.45) is 0.880. The van der Waals surface area contributed by atoms with Gasteiger partial charge < -0.3 is 10.1 Å². The Morgan fingerprint density at radius 2 is 2.24 bits per heavy atom. The summed E-state index contributed by atoms with van der Waals surface area (Å²) in [5, 5.41) is 7.45. The van der Waals surface area contributed by atoms with Gasteiger partial charge in [0.1, 0.15) is 0 Å². The molecule has 2 heterocycles. The molecule has 0 spiro atoms. The summed E-state index contributed by atoms with van der Waals surface area (Å²) in [5.41, 5.74) is 4.91. The van der Waals surface area contributed by atoms with Gasteiger partial charge in [-0.1, -0.05) is 18.2 Å². The number of aromatic nitrogens is 2. The van der Waals surface area contributed by atoms with Crippen LogP contribution in [0.15, 0.2) is 24.3 Å². The van der Waals surface area contributed by atoms with E-state index in [0.29, 0.717) is 18.7 Å². The van der Waals surface area contributed by atoms with Crippen molar-refractivity contribution in [3.05, 3.63) is 52.3 Å². The number of hydrogen-bond acceptors (Lipinski definition) is 3. The molecule has 1 aromatic carbocycles. The van der Waals surface area contributed by atoms with Crippen LogP contribution in [0, 0.1) is 6.92 Å². The van der Waals surface area contributed by atoms with E-state index in [-0.39, 0.29) is 5.91 Å². The van der Waals surface area contributed by atoms with Gasteiger partial charge in [0.2, 0.25) is 0 Å². The largest absolute Gasteiger partial charge is 0.376 e. The van der Waals surface area contributed by atoms with Gasteiger partial charge in [0.05, 0.1) is 25.5 Å². The summed E-state index contributed by atoms with van der Waals surface area (Å²) in [6.45, 7) is 3.69. The molecule has 0 saturated heterocycles. The van der Waals surface area contributed by atoms with E-state index in [2.05, 4.69) is 10.4 Å². The van der Waals surface area contributed by atoms with E-state index in [9.17, 15) is 4.79 Å². The maximum Gasteiger partial charge on any atom is 0.251 e. The second-order valence-corrected chi connectivity index (χ2v) is 5.30.